The van der Waals surface area contributed by atoms with Gasteiger partial charge in [-0.25, -0.2) is 4.98 Å². The number of anilines is 1. The number of carbonyl (C=O) groups excluding carboxylic acids is 1. The van der Waals surface area contributed by atoms with Crippen LogP contribution in [0.2, 0.25) is 5.22 Å². The van der Waals surface area contributed by atoms with Crippen LogP contribution in [0.1, 0.15) is 36.1 Å². The van der Waals surface area contributed by atoms with Gasteiger partial charge in [-0.15, -0.1) is 0 Å². The molecule has 0 unspecified atom stereocenters. The Morgan fingerprint density at radius 3 is 2.61 bits per heavy atom. The Kier molecular flexibility index (Phi) is 6.12. The van der Waals surface area contributed by atoms with Gasteiger partial charge in [0.15, 0.2) is 0 Å². The molecular weight excluding hydrogens is 397 g/mol. The van der Waals surface area contributed by atoms with E-state index in [1.807, 2.05) is 4.90 Å². The number of rotatable bonds is 5. The molecule has 152 valence electrons. The molecule has 2 aromatic heterocycles. The summed E-state index contributed by atoms with van der Waals surface area (Å²) >= 11 is 5.89. The molecule has 6 nitrogen and oxygen atoms in total. The van der Waals surface area contributed by atoms with Crippen LogP contribution in [0.25, 0.3) is 0 Å². The molecule has 2 aromatic rings. The van der Waals surface area contributed by atoms with Crippen molar-refractivity contribution in [2.75, 3.05) is 18.0 Å². The van der Waals surface area contributed by atoms with Gasteiger partial charge in [0.1, 0.15) is 5.82 Å². The van der Waals surface area contributed by atoms with Crippen molar-refractivity contribution in [3.8, 4) is 0 Å². The van der Waals surface area contributed by atoms with Gasteiger partial charge in [0.05, 0.1) is 11.3 Å². The molecule has 0 atom stereocenters. The SMILES string of the molecule is Cc1noc(Cl)c1CCC(=O)NC1CCN(c2ccc(C(F)(F)F)cn2)CC1. The Morgan fingerprint density at radius 1 is 1.36 bits per heavy atom. The molecule has 28 heavy (non-hydrogen) atoms. The average molecular weight is 417 g/mol. The molecule has 0 radical (unpaired) electrons. The van der Waals surface area contributed by atoms with E-state index in [0.717, 1.165) is 17.8 Å². The number of amides is 1. The molecule has 1 saturated heterocycles. The Bertz CT molecular complexity index is 796. The molecule has 1 N–H and O–H groups in total. The second kappa shape index (κ2) is 8.38. The van der Waals surface area contributed by atoms with Gasteiger partial charge in [-0.2, -0.15) is 13.2 Å². The number of nitrogens with one attached hydrogen (secondary N) is 1. The van der Waals surface area contributed by atoms with Gasteiger partial charge in [-0.1, -0.05) is 5.16 Å². The molecule has 1 fully saturated rings. The highest BCUT2D eigenvalue weighted by molar-refractivity contribution is 6.29. The van der Waals surface area contributed by atoms with Gasteiger partial charge in [0.2, 0.25) is 11.1 Å². The number of hydrogen-bond donors (Lipinski definition) is 1. The second-order valence-corrected chi connectivity index (χ2v) is 7.10. The van der Waals surface area contributed by atoms with Crippen molar-refractivity contribution in [1.82, 2.24) is 15.5 Å². The molecule has 0 spiro atoms. The summed E-state index contributed by atoms with van der Waals surface area (Å²) in [5, 5.41) is 6.96. The summed E-state index contributed by atoms with van der Waals surface area (Å²) in [6, 6.07) is 2.44. The summed E-state index contributed by atoms with van der Waals surface area (Å²) in [6.45, 7) is 2.99. The highest BCUT2D eigenvalue weighted by atomic mass is 35.5. The first kappa shape index (κ1) is 20.4. The first-order valence-electron chi connectivity index (χ1n) is 8.92. The number of piperidine rings is 1. The van der Waals surface area contributed by atoms with Crippen molar-refractivity contribution < 1.29 is 22.5 Å². The highest BCUT2D eigenvalue weighted by Gasteiger charge is 2.31. The number of hydrogen-bond acceptors (Lipinski definition) is 5. The summed E-state index contributed by atoms with van der Waals surface area (Å²) < 4.78 is 42.7. The van der Waals surface area contributed by atoms with E-state index in [1.165, 1.54) is 6.07 Å². The molecule has 10 heteroatoms. The van der Waals surface area contributed by atoms with Crippen LogP contribution in [0, 0.1) is 6.92 Å². The maximum absolute atomic E-state index is 12.6. The quantitative estimate of drug-likeness (QED) is 0.803. The van der Waals surface area contributed by atoms with E-state index in [9.17, 15) is 18.0 Å². The number of alkyl halides is 3. The van der Waals surface area contributed by atoms with E-state index in [4.69, 9.17) is 16.1 Å². The minimum absolute atomic E-state index is 0.0252. The van der Waals surface area contributed by atoms with Gasteiger partial charge in [-0.3, -0.25) is 4.79 Å². The molecule has 1 aliphatic heterocycles. The molecule has 3 heterocycles. The third-order valence-electron chi connectivity index (χ3n) is 4.80. The van der Waals surface area contributed by atoms with Gasteiger partial charge >= 0.3 is 6.18 Å². The summed E-state index contributed by atoms with van der Waals surface area (Å²) in [5.74, 6) is 0.429. The van der Waals surface area contributed by atoms with Crippen LogP contribution in [0.15, 0.2) is 22.9 Å². The highest BCUT2D eigenvalue weighted by Crippen LogP contribution is 2.29. The second-order valence-electron chi connectivity index (χ2n) is 6.75. The lowest BCUT2D eigenvalue weighted by Crippen LogP contribution is -2.45. The summed E-state index contributed by atoms with van der Waals surface area (Å²) in [7, 11) is 0. The number of pyridine rings is 1. The first-order chi connectivity index (χ1) is 13.2. The van der Waals surface area contributed by atoms with Gasteiger partial charge in [0, 0.05) is 37.3 Å². The van der Waals surface area contributed by atoms with Gasteiger partial charge in [0.25, 0.3) is 0 Å². The van der Waals surface area contributed by atoms with Crippen molar-refractivity contribution in [2.24, 2.45) is 0 Å². The maximum atomic E-state index is 12.6. The van der Waals surface area contributed by atoms with E-state index < -0.39 is 11.7 Å². The lowest BCUT2D eigenvalue weighted by atomic mass is 10.0. The number of nitrogens with zero attached hydrogens (tertiary/aromatic N) is 3. The van der Waals surface area contributed by atoms with Crippen molar-refractivity contribution >= 4 is 23.3 Å². The molecule has 0 saturated carbocycles. The van der Waals surface area contributed by atoms with Crippen molar-refractivity contribution in [3.05, 3.63) is 40.4 Å². The lowest BCUT2D eigenvalue weighted by Gasteiger charge is -2.33. The Labute approximate surface area is 165 Å². The summed E-state index contributed by atoms with van der Waals surface area (Å²) in [4.78, 5) is 18.0. The van der Waals surface area contributed by atoms with E-state index in [-0.39, 0.29) is 23.6 Å². The first-order valence-corrected chi connectivity index (χ1v) is 9.30. The molecule has 1 amide bonds. The number of halogens is 4. The van der Waals surface area contributed by atoms with Crippen LogP contribution in [0.5, 0.6) is 0 Å². The fraction of sp³-hybridized carbons (Fsp3) is 0.500. The molecule has 0 aromatic carbocycles. The van der Waals surface area contributed by atoms with Crippen LogP contribution in [0.4, 0.5) is 19.0 Å². The maximum Gasteiger partial charge on any atom is 0.417 e. The van der Waals surface area contributed by atoms with Crippen LogP contribution in [0.3, 0.4) is 0 Å². The predicted molar refractivity (Wildman–Crippen MR) is 97.2 cm³/mol. The molecule has 1 aliphatic rings. The van der Waals surface area contributed by atoms with E-state index in [2.05, 4.69) is 15.5 Å². The normalized spacial score (nSPS) is 15.7. The smallest absolute Gasteiger partial charge is 0.356 e. The molecular formula is C18H20ClF3N4O2. The van der Waals surface area contributed by atoms with E-state index in [1.54, 1.807) is 6.92 Å². The fourth-order valence-electron chi connectivity index (χ4n) is 3.17. The monoisotopic (exact) mass is 416 g/mol. The van der Waals surface area contributed by atoms with E-state index >= 15 is 0 Å². The zero-order valence-corrected chi connectivity index (χ0v) is 16.0. The zero-order valence-electron chi connectivity index (χ0n) is 15.2. The van der Waals surface area contributed by atoms with Crippen LogP contribution in [-0.2, 0) is 17.4 Å². The minimum Gasteiger partial charge on any atom is -0.356 e. The standard InChI is InChI=1S/C18H20ClF3N4O2/c1-11-14(17(19)28-25-11)3-5-16(27)24-13-6-8-26(9-7-13)15-4-2-12(10-23-15)18(20,21)22/h2,4,10,13H,3,5-9H2,1H3,(H,24,27). The van der Waals surface area contributed by atoms with Gasteiger partial charge in [-0.05, 0) is 49.9 Å². The molecule has 0 aliphatic carbocycles. The largest absolute Gasteiger partial charge is 0.417 e. The Balaban J connectivity index is 1.45. The Morgan fingerprint density at radius 2 is 2.07 bits per heavy atom. The predicted octanol–water partition coefficient (Wildman–Crippen LogP) is 3.77. The van der Waals surface area contributed by atoms with Crippen molar-refractivity contribution in [2.45, 2.75) is 44.8 Å². The van der Waals surface area contributed by atoms with E-state index in [0.29, 0.717) is 43.9 Å². The van der Waals surface area contributed by atoms with Crippen LogP contribution >= 0.6 is 11.6 Å². The number of aromatic nitrogens is 2. The molecule has 3 rings (SSSR count). The minimum atomic E-state index is -4.39. The fourth-order valence-corrected chi connectivity index (χ4v) is 3.44. The topological polar surface area (TPSA) is 71.3 Å². The molecule has 0 bridgehead atoms. The zero-order chi connectivity index (χ0) is 20.3. The third kappa shape index (κ3) is 4.95. The number of carbonyl (C=O) groups is 1. The summed E-state index contributed by atoms with van der Waals surface area (Å²) in [6.07, 6.45) is -1.42. The van der Waals surface area contributed by atoms with Crippen molar-refractivity contribution in [3.63, 3.8) is 0 Å². The third-order valence-corrected chi connectivity index (χ3v) is 5.10. The lowest BCUT2D eigenvalue weighted by molar-refractivity contribution is -0.137. The summed E-state index contributed by atoms with van der Waals surface area (Å²) in [5.41, 5.74) is 0.650. The number of aryl methyl sites for hydroxylation is 1. The van der Waals surface area contributed by atoms with Gasteiger partial charge < -0.3 is 14.7 Å². The Hall–Kier alpha value is -2.29. The van der Waals surface area contributed by atoms with Crippen molar-refractivity contribution in [1.29, 1.82) is 0 Å². The van der Waals surface area contributed by atoms with Crippen LogP contribution < -0.4 is 10.2 Å². The average Bonchev–Trinajstić information content (AvgIpc) is 2.98. The van der Waals surface area contributed by atoms with Crippen LogP contribution in [-0.4, -0.2) is 35.2 Å².